The first-order chi connectivity index (χ1) is 10.9. The summed E-state index contributed by atoms with van der Waals surface area (Å²) in [5.74, 6) is 0.0754. The molecule has 0 saturated heterocycles. The minimum Gasteiger partial charge on any atom is -0.326 e. The van der Waals surface area contributed by atoms with Crippen molar-refractivity contribution in [2.75, 3.05) is 10.7 Å². The van der Waals surface area contributed by atoms with Gasteiger partial charge >= 0.3 is 0 Å². The van der Waals surface area contributed by atoms with Crippen LogP contribution < -0.4 is 10.7 Å². The Bertz CT molecular complexity index is 745. The summed E-state index contributed by atoms with van der Waals surface area (Å²) in [6.07, 6.45) is 2.49. The molecule has 6 heteroatoms. The normalized spacial score (nSPS) is 10.7. The summed E-state index contributed by atoms with van der Waals surface area (Å²) in [6, 6.07) is 2.02. The summed E-state index contributed by atoms with van der Waals surface area (Å²) in [6.45, 7) is 9.98. The van der Waals surface area contributed by atoms with Gasteiger partial charge in [-0.1, -0.05) is 24.7 Å². The molecule has 0 unspecified atom stereocenters. The summed E-state index contributed by atoms with van der Waals surface area (Å²) in [4.78, 5) is 16.6. The maximum Gasteiger partial charge on any atom is 0.224 e. The zero-order chi connectivity index (χ0) is 17.0. The highest BCUT2D eigenvalue weighted by Gasteiger charge is 2.14. The van der Waals surface area contributed by atoms with Gasteiger partial charge < -0.3 is 5.32 Å². The topological polar surface area (TPSA) is 66.4 Å². The lowest BCUT2D eigenvalue weighted by Crippen LogP contribution is -2.13. The smallest absolute Gasteiger partial charge is 0.224 e. The molecular formula is C17H24N4OS. The average Bonchev–Trinajstić information content (AvgIpc) is 2.90. The van der Waals surface area contributed by atoms with E-state index in [4.69, 9.17) is 0 Å². The van der Waals surface area contributed by atoms with Crippen LogP contribution in [0.3, 0.4) is 0 Å². The standard InChI is InChI=1S/C17H24N4OS/c1-6-7-8-14(22)19-15-11(4)9-13-16(12(15)5)23-17(18-13)21-20-10(2)3/h9H,6-8H2,1-5H3,(H,18,21)(H,19,22). The number of aromatic nitrogens is 1. The molecule has 0 atom stereocenters. The van der Waals surface area contributed by atoms with Crippen LogP contribution in [-0.2, 0) is 4.79 Å². The van der Waals surface area contributed by atoms with Gasteiger partial charge in [0.05, 0.1) is 10.2 Å². The van der Waals surface area contributed by atoms with Crippen molar-refractivity contribution in [1.82, 2.24) is 4.98 Å². The molecule has 124 valence electrons. The summed E-state index contributed by atoms with van der Waals surface area (Å²) >= 11 is 1.55. The second kappa shape index (κ2) is 7.55. The van der Waals surface area contributed by atoms with Crippen LogP contribution in [0.15, 0.2) is 11.2 Å². The largest absolute Gasteiger partial charge is 0.326 e. The molecular weight excluding hydrogens is 308 g/mol. The summed E-state index contributed by atoms with van der Waals surface area (Å²) < 4.78 is 1.08. The lowest BCUT2D eigenvalue weighted by atomic mass is 10.1. The molecule has 0 radical (unpaired) electrons. The van der Waals surface area contributed by atoms with E-state index in [1.54, 1.807) is 11.3 Å². The third-order valence-electron chi connectivity index (χ3n) is 3.51. The van der Waals surface area contributed by atoms with Crippen molar-refractivity contribution in [2.45, 2.75) is 53.9 Å². The molecule has 0 aliphatic heterocycles. The van der Waals surface area contributed by atoms with Crippen molar-refractivity contribution < 1.29 is 4.79 Å². The van der Waals surface area contributed by atoms with Crippen LogP contribution in [0.2, 0.25) is 0 Å². The van der Waals surface area contributed by atoms with E-state index in [0.717, 1.165) is 50.7 Å². The van der Waals surface area contributed by atoms with Crippen LogP contribution in [-0.4, -0.2) is 16.6 Å². The second-order valence-corrected chi connectivity index (χ2v) is 6.88. The van der Waals surface area contributed by atoms with Gasteiger partial charge in [-0.25, -0.2) is 4.98 Å². The van der Waals surface area contributed by atoms with Crippen LogP contribution in [0, 0.1) is 13.8 Å². The summed E-state index contributed by atoms with van der Waals surface area (Å²) in [5.41, 5.74) is 7.86. The number of benzene rings is 1. The fourth-order valence-corrected chi connectivity index (χ4v) is 3.22. The molecule has 0 aliphatic rings. The predicted octanol–water partition coefficient (Wildman–Crippen LogP) is 4.85. The van der Waals surface area contributed by atoms with E-state index in [1.807, 2.05) is 33.8 Å². The number of aryl methyl sites for hydroxylation is 2. The maximum absolute atomic E-state index is 12.0. The number of fused-ring (bicyclic) bond motifs is 1. The number of amides is 1. The van der Waals surface area contributed by atoms with Gasteiger partial charge in [0, 0.05) is 17.8 Å². The molecule has 0 bridgehead atoms. The molecule has 1 heterocycles. The fraction of sp³-hybridized carbons (Fsp3) is 0.471. The fourth-order valence-electron chi connectivity index (χ4n) is 2.32. The highest BCUT2D eigenvalue weighted by atomic mass is 32.1. The Hall–Kier alpha value is -1.95. The zero-order valence-corrected chi connectivity index (χ0v) is 15.2. The van der Waals surface area contributed by atoms with Crippen molar-refractivity contribution in [3.05, 3.63) is 17.2 Å². The zero-order valence-electron chi connectivity index (χ0n) is 14.4. The molecule has 23 heavy (non-hydrogen) atoms. The number of hydrogen-bond acceptors (Lipinski definition) is 5. The van der Waals surface area contributed by atoms with Crippen LogP contribution in [0.1, 0.15) is 51.2 Å². The van der Waals surface area contributed by atoms with E-state index in [9.17, 15) is 4.79 Å². The number of carbonyl (C=O) groups is 1. The van der Waals surface area contributed by atoms with E-state index < -0.39 is 0 Å². The molecule has 1 aromatic heterocycles. The van der Waals surface area contributed by atoms with Crippen molar-refractivity contribution in [3.63, 3.8) is 0 Å². The van der Waals surface area contributed by atoms with Crippen molar-refractivity contribution in [2.24, 2.45) is 5.10 Å². The van der Waals surface area contributed by atoms with Gasteiger partial charge in [0.2, 0.25) is 11.0 Å². The molecule has 1 aromatic carbocycles. The maximum atomic E-state index is 12.0. The number of rotatable bonds is 6. The van der Waals surface area contributed by atoms with Crippen LogP contribution in [0.25, 0.3) is 10.2 Å². The third kappa shape index (κ3) is 4.28. The first-order valence-corrected chi connectivity index (χ1v) is 8.71. The third-order valence-corrected chi connectivity index (χ3v) is 4.61. The first kappa shape index (κ1) is 17.4. The van der Waals surface area contributed by atoms with Crippen LogP contribution >= 0.6 is 11.3 Å². The lowest BCUT2D eigenvalue weighted by Gasteiger charge is -2.12. The summed E-state index contributed by atoms with van der Waals surface area (Å²) in [5, 5.41) is 8.01. The number of hydrogen-bond donors (Lipinski definition) is 2. The molecule has 0 spiro atoms. The SMILES string of the molecule is CCCCC(=O)Nc1c(C)cc2nc(NN=C(C)C)sc2c1C. The molecule has 5 nitrogen and oxygen atoms in total. The highest BCUT2D eigenvalue weighted by molar-refractivity contribution is 7.22. The molecule has 0 aliphatic carbocycles. The Kier molecular flexibility index (Phi) is 5.71. The van der Waals surface area contributed by atoms with Crippen molar-refractivity contribution >= 4 is 44.0 Å². The molecule has 2 aromatic rings. The Morgan fingerprint density at radius 1 is 1.35 bits per heavy atom. The molecule has 0 saturated carbocycles. The van der Waals surface area contributed by atoms with E-state index in [2.05, 4.69) is 27.8 Å². The van der Waals surface area contributed by atoms with Crippen LogP contribution in [0.5, 0.6) is 0 Å². The number of thiazole rings is 1. The predicted molar refractivity (Wildman–Crippen MR) is 99.7 cm³/mol. The van der Waals surface area contributed by atoms with Gasteiger partial charge in [-0.3, -0.25) is 10.2 Å². The molecule has 0 fully saturated rings. The Morgan fingerprint density at radius 3 is 2.74 bits per heavy atom. The number of nitrogens with one attached hydrogen (secondary N) is 2. The number of nitrogens with zero attached hydrogens (tertiary/aromatic N) is 2. The minimum atomic E-state index is 0.0754. The molecule has 2 N–H and O–H groups in total. The summed E-state index contributed by atoms with van der Waals surface area (Å²) in [7, 11) is 0. The molecule has 1 amide bonds. The van der Waals surface area contributed by atoms with Gasteiger partial charge in [-0.15, -0.1) is 0 Å². The molecule has 2 rings (SSSR count). The monoisotopic (exact) mass is 332 g/mol. The second-order valence-electron chi connectivity index (χ2n) is 5.88. The lowest BCUT2D eigenvalue weighted by molar-refractivity contribution is -0.116. The Morgan fingerprint density at radius 2 is 2.09 bits per heavy atom. The van der Waals surface area contributed by atoms with Gasteiger partial charge in [0.25, 0.3) is 0 Å². The van der Waals surface area contributed by atoms with Gasteiger partial charge in [0.15, 0.2) is 0 Å². The van der Waals surface area contributed by atoms with E-state index in [1.165, 1.54) is 0 Å². The number of unbranched alkanes of at least 4 members (excludes halogenated alkanes) is 1. The number of hydrazone groups is 1. The quantitative estimate of drug-likeness (QED) is 0.587. The van der Waals surface area contributed by atoms with Gasteiger partial charge in [-0.2, -0.15) is 5.10 Å². The van der Waals surface area contributed by atoms with E-state index in [-0.39, 0.29) is 5.91 Å². The number of carbonyl (C=O) groups excluding carboxylic acids is 1. The Balaban J connectivity index is 2.32. The van der Waals surface area contributed by atoms with Crippen molar-refractivity contribution in [3.8, 4) is 0 Å². The van der Waals surface area contributed by atoms with Gasteiger partial charge in [0.1, 0.15) is 0 Å². The van der Waals surface area contributed by atoms with Crippen LogP contribution in [0.4, 0.5) is 10.8 Å². The number of anilines is 2. The van der Waals surface area contributed by atoms with E-state index in [0.29, 0.717) is 6.42 Å². The first-order valence-electron chi connectivity index (χ1n) is 7.89. The van der Waals surface area contributed by atoms with E-state index >= 15 is 0 Å². The van der Waals surface area contributed by atoms with Gasteiger partial charge in [-0.05, 0) is 51.3 Å². The average molecular weight is 332 g/mol. The highest BCUT2D eigenvalue weighted by Crippen LogP contribution is 2.35. The Labute approximate surface area is 141 Å². The minimum absolute atomic E-state index is 0.0754. The van der Waals surface area contributed by atoms with Crippen molar-refractivity contribution in [1.29, 1.82) is 0 Å².